The number of hydrogen-bond donors (Lipinski definition) is 0. The normalized spacial score (nSPS) is 11.8. The van der Waals surface area contributed by atoms with Crippen LogP contribution in [0.25, 0.3) is 6.08 Å². The number of hydrogen-bond acceptors (Lipinski definition) is 2. The highest BCUT2D eigenvalue weighted by Gasteiger charge is 1.97. The topological polar surface area (TPSA) is 21.6 Å². The molecule has 0 saturated heterocycles. The fraction of sp³-hybridized carbons (Fsp3) is 0.118. The summed E-state index contributed by atoms with van der Waals surface area (Å²) in [6.45, 7) is 1.86. The molecule has 2 aromatic rings. The second-order valence-electron chi connectivity index (χ2n) is 4.32. The molecule has 0 atom stereocenters. The molecule has 3 heteroatoms. The van der Waals surface area contributed by atoms with Crippen LogP contribution >= 0.6 is 11.6 Å². The smallest absolute Gasteiger partial charge is 0.119 e. The second-order valence-corrected chi connectivity index (χ2v) is 4.91. The van der Waals surface area contributed by atoms with E-state index in [9.17, 15) is 0 Å². The van der Waals surface area contributed by atoms with Crippen molar-refractivity contribution in [1.29, 1.82) is 0 Å². The Bertz CT molecular complexity index is 626. The molecule has 0 N–H and O–H groups in total. The molecule has 2 aromatic carbocycles. The van der Waals surface area contributed by atoms with Crippen LogP contribution in [-0.2, 0) is 0 Å². The second kappa shape index (κ2) is 6.92. The van der Waals surface area contributed by atoms with Crippen LogP contribution in [0.15, 0.2) is 58.6 Å². The molecule has 0 fully saturated rings. The van der Waals surface area contributed by atoms with Gasteiger partial charge in [0.25, 0.3) is 0 Å². The standard InChI is InChI=1S/C17H16ClNO/c1-13(18)11-14-5-3-4-6-15(14)12-19-16-7-9-17(20-2)10-8-16/h3-12H,1-2H3/b13-11-,19-12?. The monoisotopic (exact) mass is 285 g/mol. The van der Waals surface area contributed by atoms with Crippen LogP contribution in [0.5, 0.6) is 5.75 Å². The molecule has 0 aliphatic rings. The third-order valence-electron chi connectivity index (χ3n) is 2.78. The molecular weight excluding hydrogens is 270 g/mol. The summed E-state index contributed by atoms with van der Waals surface area (Å²) >= 11 is 5.94. The summed E-state index contributed by atoms with van der Waals surface area (Å²) < 4.78 is 5.12. The van der Waals surface area contributed by atoms with Gasteiger partial charge in [0.05, 0.1) is 12.8 Å². The van der Waals surface area contributed by atoms with E-state index in [1.54, 1.807) is 7.11 Å². The van der Waals surface area contributed by atoms with Gasteiger partial charge in [-0.1, -0.05) is 35.9 Å². The van der Waals surface area contributed by atoms with Crippen LogP contribution in [0.2, 0.25) is 0 Å². The Balaban J connectivity index is 2.24. The summed E-state index contributed by atoms with van der Waals surface area (Å²) in [7, 11) is 1.65. The molecule has 0 saturated carbocycles. The third kappa shape index (κ3) is 3.97. The lowest BCUT2D eigenvalue weighted by Crippen LogP contribution is -1.86. The molecule has 2 nitrogen and oxygen atoms in total. The molecule has 0 aromatic heterocycles. The number of benzene rings is 2. The van der Waals surface area contributed by atoms with Crippen LogP contribution in [-0.4, -0.2) is 13.3 Å². The van der Waals surface area contributed by atoms with Crippen molar-refractivity contribution >= 4 is 29.6 Å². The minimum atomic E-state index is 0.746. The maximum absolute atomic E-state index is 5.94. The summed E-state index contributed by atoms with van der Waals surface area (Å²) in [5, 5.41) is 0.746. The molecule has 0 bridgehead atoms. The van der Waals surface area contributed by atoms with Gasteiger partial charge in [0.1, 0.15) is 5.75 Å². The van der Waals surface area contributed by atoms with Crippen LogP contribution in [0, 0.1) is 0 Å². The maximum atomic E-state index is 5.94. The number of rotatable bonds is 4. The van der Waals surface area contributed by atoms with Gasteiger partial charge in [0.2, 0.25) is 0 Å². The predicted octanol–water partition coefficient (Wildman–Crippen LogP) is 5.05. The first-order valence-corrected chi connectivity index (χ1v) is 6.68. The molecule has 0 radical (unpaired) electrons. The zero-order chi connectivity index (χ0) is 14.4. The Morgan fingerprint density at radius 3 is 2.30 bits per heavy atom. The number of allylic oxidation sites excluding steroid dienone is 1. The molecule has 20 heavy (non-hydrogen) atoms. The zero-order valence-corrected chi connectivity index (χ0v) is 12.3. The minimum absolute atomic E-state index is 0.746. The van der Waals surface area contributed by atoms with E-state index >= 15 is 0 Å². The summed E-state index contributed by atoms with van der Waals surface area (Å²) in [4.78, 5) is 4.47. The fourth-order valence-corrected chi connectivity index (χ4v) is 1.90. The highest BCUT2D eigenvalue weighted by molar-refractivity contribution is 6.31. The average Bonchev–Trinajstić information content (AvgIpc) is 2.46. The largest absolute Gasteiger partial charge is 0.497 e. The van der Waals surface area contributed by atoms with Crippen LogP contribution in [0.1, 0.15) is 18.1 Å². The molecule has 0 unspecified atom stereocenters. The Kier molecular flexibility index (Phi) is 4.97. The molecule has 0 amide bonds. The van der Waals surface area contributed by atoms with E-state index in [-0.39, 0.29) is 0 Å². The van der Waals surface area contributed by atoms with Gasteiger partial charge in [-0.05, 0) is 48.4 Å². The average molecular weight is 286 g/mol. The summed E-state index contributed by atoms with van der Waals surface area (Å²) in [6.07, 6.45) is 3.77. The van der Waals surface area contributed by atoms with Crippen LogP contribution < -0.4 is 4.74 Å². The fourth-order valence-electron chi connectivity index (χ4n) is 1.79. The van der Waals surface area contributed by atoms with E-state index in [0.717, 1.165) is 27.6 Å². The number of ether oxygens (including phenoxy) is 1. The Morgan fingerprint density at radius 2 is 1.70 bits per heavy atom. The van der Waals surface area contributed by atoms with Gasteiger partial charge in [-0.3, -0.25) is 4.99 Å². The van der Waals surface area contributed by atoms with E-state index < -0.39 is 0 Å². The SMILES string of the molecule is COc1ccc(N=Cc2ccccc2/C=C(/C)Cl)cc1. The highest BCUT2D eigenvalue weighted by Crippen LogP contribution is 2.19. The van der Waals surface area contributed by atoms with Crippen molar-refractivity contribution in [3.8, 4) is 5.75 Å². The Morgan fingerprint density at radius 1 is 1.05 bits per heavy atom. The third-order valence-corrected chi connectivity index (χ3v) is 2.88. The van der Waals surface area contributed by atoms with Crippen molar-refractivity contribution < 1.29 is 4.74 Å². The molecule has 0 aliphatic carbocycles. The number of nitrogens with zero attached hydrogens (tertiary/aromatic N) is 1. The predicted molar refractivity (Wildman–Crippen MR) is 86.2 cm³/mol. The van der Waals surface area contributed by atoms with Crippen LogP contribution in [0.4, 0.5) is 5.69 Å². The Labute approximate surface area is 124 Å². The van der Waals surface area contributed by atoms with E-state index in [4.69, 9.17) is 16.3 Å². The maximum Gasteiger partial charge on any atom is 0.119 e. The quantitative estimate of drug-likeness (QED) is 0.721. The van der Waals surface area contributed by atoms with Gasteiger partial charge < -0.3 is 4.74 Å². The van der Waals surface area contributed by atoms with Gasteiger partial charge >= 0.3 is 0 Å². The van der Waals surface area contributed by atoms with Crippen molar-refractivity contribution in [3.05, 3.63) is 64.7 Å². The summed E-state index contributed by atoms with van der Waals surface area (Å²) in [5.74, 6) is 0.824. The molecule has 102 valence electrons. The van der Waals surface area contributed by atoms with E-state index in [1.165, 1.54) is 0 Å². The van der Waals surface area contributed by atoms with Gasteiger partial charge in [-0.15, -0.1) is 0 Å². The van der Waals surface area contributed by atoms with Gasteiger partial charge in [-0.2, -0.15) is 0 Å². The van der Waals surface area contributed by atoms with Gasteiger partial charge in [-0.25, -0.2) is 0 Å². The summed E-state index contributed by atoms with van der Waals surface area (Å²) in [6, 6.07) is 15.6. The molecule has 0 aliphatic heterocycles. The van der Waals surface area contributed by atoms with Crippen molar-refractivity contribution in [2.75, 3.05) is 7.11 Å². The van der Waals surface area contributed by atoms with Gasteiger partial charge in [0.15, 0.2) is 0 Å². The van der Waals surface area contributed by atoms with Crippen molar-refractivity contribution in [1.82, 2.24) is 0 Å². The number of aliphatic imine (C=N–C) groups is 1. The summed E-state index contributed by atoms with van der Waals surface area (Å²) in [5.41, 5.74) is 2.97. The zero-order valence-electron chi connectivity index (χ0n) is 11.5. The number of methoxy groups -OCH3 is 1. The minimum Gasteiger partial charge on any atom is -0.497 e. The molecule has 2 rings (SSSR count). The van der Waals surface area contributed by atoms with Crippen molar-refractivity contribution in [2.45, 2.75) is 6.92 Å². The van der Waals surface area contributed by atoms with Crippen molar-refractivity contribution in [3.63, 3.8) is 0 Å². The lowest BCUT2D eigenvalue weighted by molar-refractivity contribution is 0.415. The highest BCUT2D eigenvalue weighted by atomic mass is 35.5. The van der Waals surface area contributed by atoms with E-state index in [0.29, 0.717) is 0 Å². The molecule has 0 heterocycles. The van der Waals surface area contributed by atoms with E-state index in [2.05, 4.69) is 4.99 Å². The van der Waals surface area contributed by atoms with Crippen LogP contribution in [0.3, 0.4) is 0 Å². The first kappa shape index (κ1) is 14.4. The van der Waals surface area contributed by atoms with Gasteiger partial charge in [0, 0.05) is 11.2 Å². The molecule has 0 spiro atoms. The first-order valence-electron chi connectivity index (χ1n) is 6.30. The lowest BCUT2D eigenvalue weighted by Gasteiger charge is -2.01. The van der Waals surface area contributed by atoms with Crippen molar-refractivity contribution in [2.24, 2.45) is 4.99 Å². The first-order chi connectivity index (χ1) is 9.69. The van der Waals surface area contributed by atoms with E-state index in [1.807, 2.05) is 67.7 Å². The molecular formula is C17H16ClNO. The number of halogens is 1. The lowest BCUT2D eigenvalue weighted by atomic mass is 10.1. The Hall–Kier alpha value is -2.06.